The van der Waals surface area contributed by atoms with Crippen LogP contribution in [0.3, 0.4) is 0 Å². The van der Waals surface area contributed by atoms with Crippen molar-refractivity contribution < 1.29 is 28.4 Å². The molecule has 7 rings (SSSR count). The molecule has 304 valence electrons. The maximum Gasteiger partial charge on any atom is 0.290 e. The number of benzene rings is 5. The highest BCUT2D eigenvalue weighted by Gasteiger charge is 2.39. The molecular formula is C49H45FN4O5S. The Morgan fingerprint density at radius 1 is 0.850 bits per heavy atom. The van der Waals surface area contributed by atoms with Gasteiger partial charge in [0.15, 0.2) is 5.78 Å². The highest BCUT2D eigenvalue weighted by atomic mass is 32.2. The van der Waals surface area contributed by atoms with Crippen LogP contribution >= 0.6 is 11.8 Å². The molecule has 0 bridgehead atoms. The summed E-state index contributed by atoms with van der Waals surface area (Å²) in [6.45, 7) is 6.34. The SMILES string of the molecule is CC(C)CN(Cc1ccccc1-c1ccccc1)[C@@H]1C[C@@H](CNC(=O)/C=C/c2ccc(/C=C3/SC(=O)NC3=O)cc2)N(C(=O)c2ccccc2C(=O)c2ccc(F)cc2)C1. The summed E-state index contributed by atoms with van der Waals surface area (Å²) in [6, 6.07) is 37.4. The summed E-state index contributed by atoms with van der Waals surface area (Å²) >= 11 is 0.849. The first-order valence-corrected chi connectivity index (χ1v) is 20.7. The molecule has 2 N–H and O–H groups in total. The molecule has 2 heterocycles. The number of ketones is 1. The number of thioether (sulfide) groups is 1. The average Bonchev–Trinajstić information content (AvgIpc) is 3.83. The van der Waals surface area contributed by atoms with Gasteiger partial charge in [-0.2, -0.15) is 0 Å². The zero-order valence-electron chi connectivity index (χ0n) is 33.3. The van der Waals surface area contributed by atoms with E-state index in [1.165, 1.54) is 35.9 Å². The van der Waals surface area contributed by atoms with Crippen LogP contribution in [0.1, 0.15) is 63.2 Å². The van der Waals surface area contributed by atoms with E-state index < -0.39 is 23.0 Å². The smallest absolute Gasteiger partial charge is 0.290 e. The summed E-state index contributed by atoms with van der Waals surface area (Å²) in [5.41, 5.74) is 5.67. The minimum atomic E-state index is -0.461. The molecule has 5 aromatic rings. The summed E-state index contributed by atoms with van der Waals surface area (Å²) in [4.78, 5) is 69.7. The molecule has 0 spiro atoms. The summed E-state index contributed by atoms with van der Waals surface area (Å²) in [7, 11) is 0. The third-order valence-electron chi connectivity index (χ3n) is 10.6. The fraction of sp³-hybridized carbons (Fsp3) is 0.204. The Labute approximate surface area is 353 Å². The van der Waals surface area contributed by atoms with Crippen molar-refractivity contribution in [3.05, 3.63) is 178 Å². The third-order valence-corrected chi connectivity index (χ3v) is 11.4. The number of nitrogens with zero attached hydrogens (tertiary/aromatic N) is 2. The van der Waals surface area contributed by atoms with Crippen LogP contribution in [-0.2, 0) is 16.1 Å². The highest BCUT2D eigenvalue weighted by molar-refractivity contribution is 8.18. The number of likely N-dealkylation sites (tertiary alicyclic amines) is 1. The Morgan fingerprint density at radius 3 is 2.22 bits per heavy atom. The summed E-state index contributed by atoms with van der Waals surface area (Å²) < 4.78 is 13.8. The number of carbonyl (C=O) groups excluding carboxylic acids is 5. The lowest BCUT2D eigenvalue weighted by atomic mass is 9.97. The fourth-order valence-corrected chi connectivity index (χ4v) is 8.37. The second kappa shape index (κ2) is 19.1. The molecule has 60 heavy (non-hydrogen) atoms. The van der Waals surface area contributed by atoms with E-state index >= 15 is 0 Å². The number of amides is 4. The van der Waals surface area contributed by atoms with Gasteiger partial charge in [0.05, 0.1) is 16.5 Å². The molecule has 0 aliphatic carbocycles. The number of rotatable bonds is 14. The van der Waals surface area contributed by atoms with Gasteiger partial charge >= 0.3 is 0 Å². The third kappa shape index (κ3) is 10.2. The van der Waals surface area contributed by atoms with Gasteiger partial charge in [0.25, 0.3) is 17.1 Å². The molecule has 0 aromatic heterocycles. The van der Waals surface area contributed by atoms with Crippen molar-refractivity contribution in [3.63, 3.8) is 0 Å². The largest absolute Gasteiger partial charge is 0.350 e. The molecule has 2 aliphatic rings. The first-order valence-electron chi connectivity index (χ1n) is 19.9. The van der Waals surface area contributed by atoms with Crippen molar-refractivity contribution in [3.8, 4) is 11.1 Å². The Balaban J connectivity index is 1.12. The highest BCUT2D eigenvalue weighted by Crippen LogP contribution is 2.31. The number of nitrogens with one attached hydrogen (secondary N) is 2. The van der Waals surface area contributed by atoms with Crippen LogP contribution in [0.25, 0.3) is 23.3 Å². The van der Waals surface area contributed by atoms with Crippen LogP contribution in [0.5, 0.6) is 0 Å². The molecule has 4 amide bonds. The van der Waals surface area contributed by atoms with Crippen LogP contribution in [0, 0.1) is 11.7 Å². The van der Waals surface area contributed by atoms with E-state index in [1.54, 1.807) is 65.6 Å². The zero-order chi connectivity index (χ0) is 42.2. The maximum atomic E-state index is 14.7. The van der Waals surface area contributed by atoms with E-state index in [0.29, 0.717) is 30.3 Å². The van der Waals surface area contributed by atoms with E-state index in [9.17, 15) is 28.4 Å². The van der Waals surface area contributed by atoms with Crippen LogP contribution in [0.4, 0.5) is 9.18 Å². The topological polar surface area (TPSA) is 116 Å². The molecule has 11 heteroatoms. The van der Waals surface area contributed by atoms with Crippen LogP contribution < -0.4 is 10.6 Å². The van der Waals surface area contributed by atoms with Gasteiger partial charge in [-0.1, -0.05) is 111 Å². The van der Waals surface area contributed by atoms with Crippen LogP contribution in [0.2, 0.25) is 0 Å². The van der Waals surface area contributed by atoms with Gasteiger partial charge in [-0.25, -0.2) is 4.39 Å². The molecule has 2 aliphatic heterocycles. The lowest BCUT2D eigenvalue weighted by Crippen LogP contribution is -2.43. The Hall–Kier alpha value is -6.43. The second-order valence-electron chi connectivity index (χ2n) is 15.3. The van der Waals surface area contributed by atoms with Crippen LogP contribution in [-0.4, -0.2) is 70.3 Å². The first kappa shape index (κ1) is 41.7. The number of hydrogen-bond donors (Lipinski definition) is 2. The van der Waals surface area contributed by atoms with E-state index in [1.807, 2.05) is 30.3 Å². The second-order valence-corrected chi connectivity index (χ2v) is 16.3. The van der Waals surface area contributed by atoms with Crippen molar-refractivity contribution >= 4 is 52.7 Å². The van der Waals surface area contributed by atoms with E-state index in [0.717, 1.165) is 40.6 Å². The molecule has 0 unspecified atom stereocenters. The quantitative estimate of drug-likeness (QED) is 0.0852. The zero-order valence-corrected chi connectivity index (χ0v) is 34.2. The average molecular weight is 821 g/mol. The fourth-order valence-electron chi connectivity index (χ4n) is 7.69. The normalized spacial score (nSPS) is 17.2. The van der Waals surface area contributed by atoms with Gasteiger partial charge in [-0.05, 0) is 94.4 Å². The van der Waals surface area contributed by atoms with E-state index in [4.69, 9.17) is 0 Å². The van der Waals surface area contributed by atoms with Gasteiger partial charge in [0, 0.05) is 49.4 Å². The Kier molecular flexibility index (Phi) is 13.3. The lowest BCUT2D eigenvalue weighted by Gasteiger charge is -2.31. The predicted molar refractivity (Wildman–Crippen MR) is 234 cm³/mol. The number of imide groups is 1. The van der Waals surface area contributed by atoms with Gasteiger partial charge in [0.2, 0.25) is 5.91 Å². The lowest BCUT2D eigenvalue weighted by molar-refractivity contribution is -0.117. The molecular weight excluding hydrogens is 776 g/mol. The van der Waals surface area contributed by atoms with Crippen molar-refractivity contribution in [1.82, 2.24) is 20.4 Å². The minimum Gasteiger partial charge on any atom is -0.350 e. The monoisotopic (exact) mass is 820 g/mol. The number of hydrogen-bond acceptors (Lipinski definition) is 7. The minimum absolute atomic E-state index is 0.0575. The summed E-state index contributed by atoms with van der Waals surface area (Å²) in [6.07, 6.45) is 5.34. The van der Waals surface area contributed by atoms with Crippen LogP contribution in [0.15, 0.2) is 138 Å². The molecule has 2 atom stereocenters. The summed E-state index contributed by atoms with van der Waals surface area (Å²) in [5, 5.41) is 4.85. The van der Waals surface area contributed by atoms with Crippen molar-refractivity contribution in [1.29, 1.82) is 0 Å². The molecule has 5 aromatic carbocycles. The van der Waals surface area contributed by atoms with Gasteiger partial charge in [0.1, 0.15) is 5.82 Å². The standard InChI is InChI=1S/C49H45FN4O5S/c1-32(2)29-53(30-37-12-6-7-13-41(37)35-10-4-3-5-11-35)40-27-39(28-51-45(55)25-20-33-16-18-34(19-17-33)26-44-47(57)52-49(59)60-44)54(31-40)48(58)43-15-9-8-14-42(43)46(56)36-21-23-38(50)24-22-36/h3-26,32,39-40H,27-31H2,1-2H3,(H,51,55)(H,52,57,59)/b25-20+,44-26+/t39-,40+/m0/s1. The number of halogens is 1. The Morgan fingerprint density at radius 2 is 1.52 bits per heavy atom. The molecule has 2 saturated heterocycles. The summed E-state index contributed by atoms with van der Waals surface area (Å²) in [5.74, 6) is -1.60. The molecule has 0 radical (unpaired) electrons. The van der Waals surface area contributed by atoms with Gasteiger partial charge in [-0.15, -0.1) is 0 Å². The molecule has 2 fully saturated rings. The van der Waals surface area contributed by atoms with E-state index in [-0.39, 0.29) is 46.9 Å². The van der Waals surface area contributed by atoms with Crippen molar-refractivity contribution in [2.75, 3.05) is 19.6 Å². The first-order chi connectivity index (χ1) is 29.0. The van der Waals surface area contributed by atoms with Crippen molar-refractivity contribution in [2.45, 2.75) is 38.9 Å². The Bertz CT molecular complexity index is 2450. The van der Waals surface area contributed by atoms with Gasteiger partial charge < -0.3 is 10.2 Å². The maximum absolute atomic E-state index is 14.7. The molecule has 9 nitrogen and oxygen atoms in total. The van der Waals surface area contributed by atoms with Crippen molar-refractivity contribution in [2.24, 2.45) is 5.92 Å². The molecule has 0 saturated carbocycles. The predicted octanol–water partition coefficient (Wildman–Crippen LogP) is 8.62. The van der Waals surface area contributed by atoms with E-state index in [2.05, 4.69) is 53.6 Å². The number of carbonyl (C=O) groups is 5. The van der Waals surface area contributed by atoms with Gasteiger partial charge in [-0.3, -0.25) is 34.2 Å².